The van der Waals surface area contributed by atoms with Crippen LogP contribution in [0.4, 0.5) is 0 Å². The fourth-order valence-electron chi connectivity index (χ4n) is 1.36. The smallest absolute Gasteiger partial charge is 0.145 e. The highest BCUT2D eigenvalue weighted by molar-refractivity contribution is 6.59. The van der Waals surface area contributed by atoms with Gasteiger partial charge in [-0.1, -0.05) is 44.5 Å². The summed E-state index contributed by atoms with van der Waals surface area (Å²) in [5, 5.41) is 0. The maximum absolute atomic E-state index is 5.75. The second kappa shape index (κ2) is 6.30. The molecule has 0 heterocycles. The maximum atomic E-state index is 5.75. The van der Waals surface area contributed by atoms with Gasteiger partial charge in [0.2, 0.25) is 0 Å². The zero-order chi connectivity index (χ0) is 9.56. The molecule has 0 aliphatic heterocycles. The molecule has 0 radical (unpaired) electrons. The third kappa shape index (κ3) is 6.47. The zero-order valence-electron chi connectivity index (χ0n) is 8.93. The molecule has 2 heteroatoms. The molecule has 0 aromatic carbocycles. The summed E-state index contributed by atoms with van der Waals surface area (Å²) in [6.45, 7) is 9.41. The minimum Gasteiger partial charge on any atom is -0.329 e. The Morgan fingerprint density at radius 2 is 2.08 bits per heavy atom. The molecular formula is C10H22BN. The van der Waals surface area contributed by atoms with E-state index in [9.17, 15) is 0 Å². The van der Waals surface area contributed by atoms with Crippen LogP contribution in [-0.2, 0) is 0 Å². The monoisotopic (exact) mass is 167 g/mol. The van der Waals surface area contributed by atoms with Crippen LogP contribution in [0.1, 0.15) is 27.7 Å². The molecule has 0 bridgehead atoms. The first-order valence-electron chi connectivity index (χ1n) is 4.95. The zero-order valence-corrected chi connectivity index (χ0v) is 8.93. The number of allylic oxidation sites excluding steroid dienone is 2. The molecule has 0 fully saturated rings. The summed E-state index contributed by atoms with van der Waals surface area (Å²) in [6.07, 6.45) is 5.91. The molecule has 0 aromatic rings. The lowest BCUT2D eigenvalue weighted by atomic mass is 9.42. The van der Waals surface area contributed by atoms with E-state index in [1.807, 2.05) is 0 Å². The molecule has 0 spiro atoms. The van der Waals surface area contributed by atoms with Crippen LogP contribution in [0.5, 0.6) is 0 Å². The molecular weight excluding hydrogens is 145 g/mol. The van der Waals surface area contributed by atoms with E-state index < -0.39 is 0 Å². The third-order valence-electron chi connectivity index (χ3n) is 2.14. The van der Waals surface area contributed by atoms with E-state index in [2.05, 4.69) is 33.8 Å². The van der Waals surface area contributed by atoms with Crippen molar-refractivity contribution in [1.29, 1.82) is 0 Å². The van der Waals surface area contributed by atoms with Crippen molar-refractivity contribution in [3.8, 4) is 0 Å². The van der Waals surface area contributed by atoms with E-state index in [4.69, 9.17) is 5.73 Å². The highest BCUT2D eigenvalue weighted by atomic mass is 14.6. The molecule has 0 saturated carbocycles. The summed E-state index contributed by atoms with van der Waals surface area (Å²) >= 11 is 0. The molecule has 1 nitrogen and oxygen atoms in total. The summed E-state index contributed by atoms with van der Waals surface area (Å²) in [7, 11) is 0. The Morgan fingerprint density at radius 1 is 1.50 bits per heavy atom. The van der Waals surface area contributed by atoms with Crippen molar-refractivity contribution in [2.75, 3.05) is 0 Å². The SMILES string of the molecule is CCB(CC=C(C)C)C[C@@H](C)N. The molecule has 70 valence electrons. The van der Waals surface area contributed by atoms with Crippen LogP contribution in [-0.4, -0.2) is 12.8 Å². The Labute approximate surface area is 77.5 Å². The van der Waals surface area contributed by atoms with Crippen molar-refractivity contribution in [2.45, 2.75) is 52.7 Å². The van der Waals surface area contributed by atoms with Gasteiger partial charge in [-0.15, -0.1) is 0 Å². The Kier molecular flexibility index (Phi) is 6.18. The number of nitrogens with two attached hydrogens (primary N) is 1. The molecule has 0 rings (SSSR count). The van der Waals surface area contributed by atoms with E-state index in [1.54, 1.807) is 0 Å². The van der Waals surface area contributed by atoms with Crippen LogP contribution >= 0.6 is 0 Å². The van der Waals surface area contributed by atoms with Crippen LogP contribution in [0.25, 0.3) is 0 Å². The van der Waals surface area contributed by atoms with E-state index >= 15 is 0 Å². The van der Waals surface area contributed by atoms with Crippen LogP contribution < -0.4 is 5.73 Å². The van der Waals surface area contributed by atoms with E-state index in [0.29, 0.717) is 6.04 Å². The number of hydrogen-bond donors (Lipinski definition) is 1. The van der Waals surface area contributed by atoms with E-state index in [1.165, 1.54) is 18.2 Å². The fourth-order valence-corrected chi connectivity index (χ4v) is 1.36. The number of rotatable bonds is 5. The summed E-state index contributed by atoms with van der Waals surface area (Å²) in [5.41, 5.74) is 7.17. The summed E-state index contributed by atoms with van der Waals surface area (Å²) in [6, 6.07) is 0.348. The largest absolute Gasteiger partial charge is 0.329 e. The van der Waals surface area contributed by atoms with Crippen molar-refractivity contribution >= 4 is 6.71 Å². The molecule has 1 atom stereocenters. The van der Waals surface area contributed by atoms with E-state index in [0.717, 1.165) is 13.0 Å². The van der Waals surface area contributed by atoms with Crippen LogP contribution in [0, 0.1) is 0 Å². The Balaban J connectivity index is 3.75. The summed E-state index contributed by atoms with van der Waals surface area (Å²) in [4.78, 5) is 0. The first-order valence-corrected chi connectivity index (χ1v) is 4.95. The minimum absolute atomic E-state index is 0.348. The molecule has 0 unspecified atom stereocenters. The fraction of sp³-hybridized carbons (Fsp3) is 0.800. The molecule has 0 saturated heterocycles. The van der Waals surface area contributed by atoms with Gasteiger partial charge in [0.25, 0.3) is 0 Å². The van der Waals surface area contributed by atoms with Gasteiger partial charge < -0.3 is 5.73 Å². The topological polar surface area (TPSA) is 26.0 Å². The van der Waals surface area contributed by atoms with Gasteiger partial charge in [0, 0.05) is 0 Å². The van der Waals surface area contributed by atoms with E-state index in [-0.39, 0.29) is 0 Å². The Bertz CT molecular complexity index is 137. The number of hydrogen-bond acceptors (Lipinski definition) is 1. The average Bonchev–Trinajstić information content (AvgIpc) is 1.97. The lowest BCUT2D eigenvalue weighted by molar-refractivity contribution is 0.818. The predicted molar refractivity (Wildman–Crippen MR) is 58.9 cm³/mol. The lowest BCUT2D eigenvalue weighted by Gasteiger charge is -2.11. The van der Waals surface area contributed by atoms with Crippen LogP contribution in [0.15, 0.2) is 11.6 Å². The van der Waals surface area contributed by atoms with Crippen molar-refractivity contribution in [3.05, 3.63) is 11.6 Å². The normalized spacial score (nSPS) is 12.4. The third-order valence-corrected chi connectivity index (χ3v) is 2.14. The van der Waals surface area contributed by atoms with Gasteiger partial charge >= 0.3 is 0 Å². The van der Waals surface area contributed by atoms with Crippen LogP contribution in [0.2, 0.25) is 19.0 Å². The minimum atomic E-state index is 0.348. The molecule has 0 aliphatic carbocycles. The molecule has 0 amide bonds. The quantitative estimate of drug-likeness (QED) is 0.494. The van der Waals surface area contributed by atoms with Gasteiger partial charge in [-0.25, -0.2) is 0 Å². The van der Waals surface area contributed by atoms with Gasteiger partial charge in [-0.3, -0.25) is 0 Å². The molecule has 0 aliphatic rings. The van der Waals surface area contributed by atoms with Crippen molar-refractivity contribution in [2.24, 2.45) is 5.73 Å². The first-order chi connectivity index (χ1) is 5.56. The predicted octanol–water partition coefficient (Wildman–Crippen LogP) is 2.81. The second-order valence-electron chi connectivity index (χ2n) is 4.00. The van der Waals surface area contributed by atoms with Crippen molar-refractivity contribution < 1.29 is 0 Å². The second-order valence-corrected chi connectivity index (χ2v) is 4.00. The van der Waals surface area contributed by atoms with Crippen LogP contribution in [0.3, 0.4) is 0 Å². The van der Waals surface area contributed by atoms with Crippen molar-refractivity contribution in [1.82, 2.24) is 0 Å². The molecule has 12 heavy (non-hydrogen) atoms. The van der Waals surface area contributed by atoms with Gasteiger partial charge in [-0.05, 0) is 19.9 Å². The lowest BCUT2D eigenvalue weighted by Crippen LogP contribution is -2.23. The van der Waals surface area contributed by atoms with Gasteiger partial charge in [0.05, 0.1) is 0 Å². The molecule has 0 aromatic heterocycles. The molecule has 2 N–H and O–H groups in total. The standard InChI is InChI=1S/C10H22BN/c1-5-11(8-10(4)12)7-6-9(2)3/h6,10H,5,7-8,12H2,1-4H3/t10-/m1/s1. The van der Waals surface area contributed by atoms with Gasteiger partial charge in [0.1, 0.15) is 6.71 Å². The average molecular weight is 167 g/mol. The summed E-state index contributed by atoms with van der Waals surface area (Å²) < 4.78 is 0. The Hall–Kier alpha value is -0.235. The van der Waals surface area contributed by atoms with Gasteiger partial charge in [0.15, 0.2) is 0 Å². The Morgan fingerprint density at radius 3 is 2.42 bits per heavy atom. The highest BCUT2D eigenvalue weighted by Gasteiger charge is 2.10. The highest BCUT2D eigenvalue weighted by Crippen LogP contribution is 2.09. The summed E-state index contributed by atoms with van der Waals surface area (Å²) in [5.74, 6) is 0. The van der Waals surface area contributed by atoms with Crippen molar-refractivity contribution in [3.63, 3.8) is 0 Å². The van der Waals surface area contributed by atoms with Gasteiger partial charge in [-0.2, -0.15) is 0 Å². The first kappa shape index (κ1) is 11.8. The maximum Gasteiger partial charge on any atom is 0.145 e.